The van der Waals surface area contributed by atoms with E-state index in [9.17, 15) is 4.79 Å². The predicted molar refractivity (Wildman–Crippen MR) is 56.6 cm³/mol. The molecule has 0 aliphatic rings. The summed E-state index contributed by atoms with van der Waals surface area (Å²) in [6, 6.07) is -0.310. The lowest BCUT2D eigenvalue weighted by atomic mass is 10.3. The van der Waals surface area contributed by atoms with E-state index < -0.39 is 0 Å². The number of hydrogen-bond donors (Lipinski definition) is 2. The maximum atomic E-state index is 11.3. The minimum absolute atomic E-state index is 0.260. The number of esters is 1. The van der Waals surface area contributed by atoms with Crippen LogP contribution in [0.1, 0.15) is 6.92 Å². The molecule has 0 radical (unpaired) electrons. The monoisotopic (exact) mass is 230 g/mol. The number of carbonyl (C=O) groups is 1. The molecule has 1 rings (SSSR count). The summed E-state index contributed by atoms with van der Waals surface area (Å²) in [6.45, 7) is 2.66. The van der Waals surface area contributed by atoms with Crippen LogP contribution in [0.4, 0.5) is 0 Å². The highest BCUT2D eigenvalue weighted by Gasteiger charge is 2.18. The van der Waals surface area contributed by atoms with E-state index in [2.05, 4.69) is 25.2 Å². The molecule has 1 atom stereocenters. The highest BCUT2D eigenvalue weighted by molar-refractivity contribution is 7.99. The quantitative estimate of drug-likeness (QED) is 0.531. The van der Waals surface area contributed by atoms with Crippen LogP contribution in [0.25, 0.3) is 0 Å². The molecule has 0 spiro atoms. The van der Waals surface area contributed by atoms with Gasteiger partial charge in [-0.25, -0.2) is 4.98 Å². The molecule has 0 saturated heterocycles. The Hall–Kier alpha value is -1.08. The molecule has 1 heterocycles. The number of aromatic nitrogens is 3. The first kappa shape index (κ1) is 12.0. The van der Waals surface area contributed by atoms with Crippen molar-refractivity contribution in [2.24, 2.45) is 0 Å². The molecule has 2 N–H and O–H groups in total. The van der Waals surface area contributed by atoms with Crippen molar-refractivity contribution in [1.29, 1.82) is 0 Å². The van der Waals surface area contributed by atoms with Gasteiger partial charge >= 0.3 is 5.97 Å². The zero-order chi connectivity index (χ0) is 11.1. The molecule has 7 heteroatoms. The second kappa shape index (κ2) is 6.41. The van der Waals surface area contributed by atoms with E-state index in [0.29, 0.717) is 10.9 Å². The summed E-state index contributed by atoms with van der Waals surface area (Å²) in [5.41, 5.74) is 0. The van der Waals surface area contributed by atoms with Crippen LogP contribution in [0.3, 0.4) is 0 Å². The van der Waals surface area contributed by atoms with Crippen molar-refractivity contribution in [2.45, 2.75) is 18.1 Å². The van der Waals surface area contributed by atoms with Crippen molar-refractivity contribution < 1.29 is 9.53 Å². The van der Waals surface area contributed by atoms with Crippen molar-refractivity contribution in [3.63, 3.8) is 0 Å². The Morgan fingerprint density at radius 2 is 2.60 bits per heavy atom. The molecular weight excluding hydrogens is 216 g/mol. The number of rotatable bonds is 6. The largest absolute Gasteiger partial charge is 0.468 e. The summed E-state index contributed by atoms with van der Waals surface area (Å²) < 4.78 is 4.67. The number of thioether (sulfide) groups is 1. The maximum absolute atomic E-state index is 11.3. The topological polar surface area (TPSA) is 79.9 Å². The van der Waals surface area contributed by atoms with Gasteiger partial charge in [0.2, 0.25) is 0 Å². The lowest BCUT2D eigenvalue weighted by molar-refractivity contribution is -0.142. The van der Waals surface area contributed by atoms with Gasteiger partial charge in [-0.05, 0) is 6.54 Å². The van der Waals surface area contributed by atoms with Crippen LogP contribution in [0.15, 0.2) is 11.5 Å². The Labute approximate surface area is 92.2 Å². The highest BCUT2D eigenvalue weighted by atomic mass is 32.2. The smallest absolute Gasteiger partial charge is 0.323 e. The normalized spacial score (nSPS) is 12.4. The Kier molecular flexibility index (Phi) is 5.13. The first-order valence-corrected chi connectivity index (χ1v) is 5.55. The van der Waals surface area contributed by atoms with Gasteiger partial charge in [0.1, 0.15) is 12.4 Å². The van der Waals surface area contributed by atoms with E-state index in [1.807, 2.05) is 6.92 Å². The summed E-state index contributed by atoms with van der Waals surface area (Å²) in [7, 11) is 1.38. The first-order chi connectivity index (χ1) is 7.27. The van der Waals surface area contributed by atoms with Gasteiger partial charge in [0.15, 0.2) is 5.16 Å². The number of likely N-dealkylation sites (N-methyl/N-ethyl adjacent to an activating group) is 1. The molecule has 1 aromatic rings. The van der Waals surface area contributed by atoms with E-state index in [-0.39, 0.29) is 12.0 Å². The van der Waals surface area contributed by atoms with Gasteiger partial charge < -0.3 is 10.1 Å². The molecule has 15 heavy (non-hydrogen) atoms. The van der Waals surface area contributed by atoms with E-state index in [1.165, 1.54) is 25.2 Å². The molecule has 0 fully saturated rings. The van der Waals surface area contributed by atoms with Gasteiger partial charge in [0.25, 0.3) is 0 Å². The number of nitrogens with zero attached hydrogens (tertiary/aromatic N) is 2. The number of carbonyl (C=O) groups excluding carboxylic acids is 1. The average Bonchev–Trinajstić information content (AvgIpc) is 2.76. The van der Waals surface area contributed by atoms with Gasteiger partial charge in [0.05, 0.1) is 7.11 Å². The van der Waals surface area contributed by atoms with Crippen LogP contribution in [0.2, 0.25) is 0 Å². The van der Waals surface area contributed by atoms with Gasteiger partial charge in [-0.15, -0.1) is 0 Å². The fraction of sp³-hybridized carbons (Fsp3) is 0.625. The summed E-state index contributed by atoms with van der Waals surface area (Å²) in [4.78, 5) is 15.3. The average molecular weight is 230 g/mol. The number of H-pyrrole nitrogens is 1. The predicted octanol–water partition coefficient (Wildman–Crippen LogP) is 0.0479. The molecule has 0 aliphatic carbocycles. The van der Waals surface area contributed by atoms with Crippen LogP contribution < -0.4 is 5.32 Å². The van der Waals surface area contributed by atoms with Gasteiger partial charge in [-0.3, -0.25) is 9.89 Å². The van der Waals surface area contributed by atoms with Crippen molar-refractivity contribution in [3.05, 3.63) is 6.33 Å². The zero-order valence-electron chi connectivity index (χ0n) is 8.69. The van der Waals surface area contributed by atoms with Crippen molar-refractivity contribution in [3.8, 4) is 0 Å². The number of hydrogen-bond acceptors (Lipinski definition) is 6. The molecular formula is C8H14N4O2S. The number of aromatic amines is 1. The van der Waals surface area contributed by atoms with Crippen molar-refractivity contribution in [2.75, 3.05) is 19.4 Å². The summed E-state index contributed by atoms with van der Waals surface area (Å²) in [5, 5.41) is 10.2. The Bertz CT molecular complexity index is 291. The molecule has 0 saturated carbocycles. The SMILES string of the molecule is CCNC(CSc1ncn[nH]1)C(=O)OC. The zero-order valence-corrected chi connectivity index (χ0v) is 9.50. The van der Waals surface area contributed by atoms with Crippen LogP contribution in [0, 0.1) is 0 Å². The summed E-state index contributed by atoms with van der Waals surface area (Å²) in [6.07, 6.45) is 1.43. The van der Waals surface area contributed by atoms with E-state index in [0.717, 1.165) is 6.54 Å². The Morgan fingerprint density at radius 3 is 3.13 bits per heavy atom. The van der Waals surface area contributed by atoms with Gasteiger partial charge in [-0.2, -0.15) is 5.10 Å². The fourth-order valence-electron chi connectivity index (χ4n) is 1.03. The lowest BCUT2D eigenvalue weighted by Crippen LogP contribution is -2.39. The van der Waals surface area contributed by atoms with E-state index in [4.69, 9.17) is 0 Å². The lowest BCUT2D eigenvalue weighted by Gasteiger charge is -2.13. The van der Waals surface area contributed by atoms with Crippen LogP contribution in [-0.2, 0) is 9.53 Å². The summed E-state index contributed by atoms with van der Waals surface area (Å²) >= 11 is 1.43. The van der Waals surface area contributed by atoms with Crippen LogP contribution >= 0.6 is 11.8 Å². The minimum Gasteiger partial charge on any atom is -0.468 e. The van der Waals surface area contributed by atoms with Crippen LogP contribution in [0.5, 0.6) is 0 Å². The van der Waals surface area contributed by atoms with Crippen molar-refractivity contribution in [1.82, 2.24) is 20.5 Å². The second-order valence-electron chi connectivity index (χ2n) is 2.74. The third-order valence-corrected chi connectivity index (χ3v) is 2.69. The maximum Gasteiger partial charge on any atom is 0.323 e. The molecule has 0 bridgehead atoms. The third-order valence-electron chi connectivity index (χ3n) is 1.72. The molecule has 1 unspecified atom stereocenters. The second-order valence-corrected chi connectivity index (χ2v) is 3.74. The summed E-state index contributed by atoms with van der Waals surface area (Å²) in [5.74, 6) is 0.305. The number of methoxy groups -OCH3 is 1. The van der Waals surface area contributed by atoms with Crippen LogP contribution in [-0.4, -0.2) is 46.6 Å². The molecule has 84 valence electrons. The fourth-order valence-corrected chi connectivity index (χ4v) is 1.84. The van der Waals surface area contributed by atoms with Crippen molar-refractivity contribution >= 4 is 17.7 Å². The number of nitrogens with one attached hydrogen (secondary N) is 2. The van der Waals surface area contributed by atoms with Gasteiger partial charge in [-0.1, -0.05) is 18.7 Å². The molecule has 0 aliphatic heterocycles. The highest BCUT2D eigenvalue weighted by Crippen LogP contribution is 2.12. The molecule has 1 aromatic heterocycles. The molecule has 0 aromatic carbocycles. The van der Waals surface area contributed by atoms with E-state index in [1.54, 1.807) is 0 Å². The first-order valence-electron chi connectivity index (χ1n) is 4.57. The molecule has 0 amide bonds. The van der Waals surface area contributed by atoms with E-state index >= 15 is 0 Å². The third kappa shape index (κ3) is 3.88. The molecule has 6 nitrogen and oxygen atoms in total. The Balaban J connectivity index is 2.41. The minimum atomic E-state index is -0.310. The van der Waals surface area contributed by atoms with Gasteiger partial charge in [0, 0.05) is 5.75 Å². The Morgan fingerprint density at radius 1 is 1.80 bits per heavy atom. The number of ether oxygens (including phenoxy) is 1. The standard InChI is InChI=1S/C8H14N4O2S/c1-3-9-6(7(13)14-2)4-15-8-10-5-11-12-8/h5-6,9H,3-4H2,1-2H3,(H,10,11,12).